The summed E-state index contributed by atoms with van der Waals surface area (Å²) in [4.78, 5) is 4.89. The van der Waals surface area contributed by atoms with Crippen molar-refractivity contribution >= 4 is 50.6 Å². The number of aromatic nitrogens is 2. The van der Waals surface area contributed by atoms with Crippen molar-refractivity contribution in [3.63, 3.8) is 0 Å². The molecule has 3 heterocycles. The lowest BCUT2D eigenvalue weighted by molar-refractivity contribution is 0.483. The lowest BCUT2D eigenvalue weighted by Crippen LogP contribution is -2.17. The Morgan fingerprint density at radius 3 is 1.83 bits per heavy atom. The number of fused-ring (bicyclic) bond motifs is 4. The SMILES string of the molecule is CC(C)(C)c1cccc(-c2cccc3c2[N+](c2cc(C(C)(C)C)cc(C(C)(C)C)c2)=C=[N+]3c2cccc(Oc3ccc4c5ccccc5n(-c5cc(C(C)(C)C)ccn5)c4c3)c2)c1. The van der Waals surface area contributed by atoms with Gasteiger partial charge in [-0.2, -0.15) is 0 Å². The van der Waals surface area contributed by atoms with Crippen molar-refractivity contribution < 1.29 is 4.74 Å². The Balaban J connectivity index is 1.19. The smallest absolute Gasteiger partial charge is 0.457 e. The first-order chi connectivity index (χ1) is 29.7. The molecule has 0 aliphatic carbocycles. The monoisotopic (exact) mass is 828 g/mol. The van der Waals surface area contributed by atoms with Gasteiger partial charge in [-0.1, -0.05) is 144 Å². The van der Waals surface area contributed by atoms with Crippen LogP contribution in [0.2, 0.25) is 0 Å². The van der Waals surface area contributed by atoms with Crippen molar-refractivity contribution in [1.82, 2.24) is 18.7 Å². The molecule has 316 valence electrons. The van der Waals surface area contributed by atoms with Crippen LogP contribution in [0.25, 0.3) is 38.8 Å². The fraction of sp³-hybridized carbons (Fsp3) is 0.276. The van der Waals surface area contributed by atoms with Gasteiger partial charge in [0, 0.05) is 47.3 Å². The highest BCUT2D eigenvalue weighted by atomic mass is 16.5. The molecule has 0 bridgehead atoms. The number of nitrogens with zero attached hydrogens (tertiary/aromatic N) is 4. The van der Waals surface area contributed by atoms with Crippen molar-refractivity contribution in [2.45, 2.75) is 105 Å². The molecule has 0 spiro atoms. The van der Waals surface area contributed by atoms with E-state index < -0.39 is 0 Å². The van der Waals surface area contributed by atoms with Gasteiger partial charge in [0.2, 0.25) is 11.4 Å². The highest BCUT2D eigenvalue weighted by Crippen LogP contribution is 2.46. The molecular weight excluding hydrogens is 769 g/mol. The summed E-state index contributed by atoms with van der Waals surface area (Å²) in [6.45, 7) is 27.3. The van der Waals surface area contributed by atoms with Crippen molar-refractivity contribution in [2.24, 2.45) is 0 Å². The summed E-state index contributed by atoms with van der Waals surface area (Å²) >= 11 is 0. The number of hydrogen-bond acceptors (Lipinski definition) is 2. The van der Waals surface area contributed by atoms with E-state index in [0.29, 0.717) is 0 Å². The second-order valence-corrected chi connectivity index (χ2v) is 21.3. The van der Waals surface area contributed by atoms with Gasteiger partial charge in [-0.15, -0.1) is 0 Å². The summed E-state index contributed by atoms with van der Waals surface area (Å²) in [7, 11) is 0. The Morgan fingerprint density at radius 1 is 0.476 bits per heavy atom. The van der Waals surface area contributed by atoms with Gasteiger partial charge in [0.25, 0.3) is 5.69 Å². The summed E-state index contributed by atoms with van der Waals surface area (Å²) in [6.07, 6.45) is 1.92. The lowest BCUT2D eigenvalue weighted by atomic mass is 9.80. The quantitative estimate of drug-likeness (QED) is 0.156. The van der Waals surface area contributed by atoms with E-state index in [2.05, 4.69) is 236 Å². The van der Waals surface area contributed by atoms with Crippen LogP contribution in [0, 0.1) is 0 Å². The van der Waals surface area contributed by atoms with Crippen LogP contribution in [0.4, 0.5) is 22.7 Å². The number of benzene rings is 6. The Bertz CT molecular complexity index is 3130. The molecule has 0 fully saturated rings. The highest BCUT2D eigenvalue weighted by molar-refractivity contribution is 6.09. The lowest BCUT2D eigenvalue weighted by Gasteiger charge is -2.24. The molecule has 1 aliphatic rings. The predicted octanol–water partition coefficient (Wildman–Crippen LogP) is 15.7. The first kappa shape index (κ1) is 41.8. The van der Waals surface area contributed by atoms with Crippen LogP contribution >= 0.6 is 0 Å². The van der Waals surface area contributed by atoms with Gasteiger partial charge >= 0.3 is 11.7 Å². The van der Waals surface area contributed by atoms with E-state index in [0.717, 1.165) is 62.0 Å². The molecule has 5 nitrogen and oxygen atoms in total. The van der Waals surface area contributed by atoms with Gasteiger partial charge in [-0.25, -0.2) is 4.98 Å². The molecule has 2 aromatic heterocycles. The molecule has 0 saturated carbocycles. The standard InChI is InChI=1S/C58H60N4O/c1-55(2,3)39-19-15-18-38(30-39)47-23-17-25-51-54(47)61(44-32-41(57(7,8)9)31-42(33-44)58(10,11)12)37-60(51)43-20-16-21-45(35-43)63-46-26-27-49-48-22-13-14-24-50(48)62(52(49)36-46)53-34-40(28-29-59-53)56(4,5)6/h13-36H,1-12H3/q+2. The molecule has 1 aliphatic heterocycles. The van der Waals surface area contributed by atoms with Gasteiger partial charge in [0.15, 0.2) is 0 Å². The molecule has 6 aromatic carbocycles. The van der Waals surface area contributed by atoms with Crippen LogP contribution in [-0.4, -0.2) is 15.6 Å². The number of rotatable bonds is 6. The van der Waals surface area contributed by atoms with E-state index >= 15 is 0 Å². The average Bonchev–Trinajstić information content (AvgIpc) is 3.79. The third-order valence-electron chi connectivity index (χ3n) is 12.4. The maximum absolute atomic E-state index is 6.79. The molecule has 63 heavy (non-hydrogen) atoms. The van der Waals surface area contributed by atoms with Gasteiger partial charge in [-0.3, -0.25) is 4.57 Å². The van der Waals surface area contributed by atoms with Crippen LogP contribution in [0.1, 0.15) is 105 Å². The third-order valence-corrected chi connectivity index (χ3v) is 12.4. The minimum Gasteiger partial charge on any atom is -0.457 e. The topological polar surface area (TPSA) is 33.1 Å². The molecule has 9 rings (SSSR count). The van der Waals surface area contributed by atoms with Crippen molar-refractivity contribution in [3.8, 4) is 28.4 Å². The fourth-order valence-electron chi connectivity index (χ4n) is 8.62. The first-order valence-corrected chi connectivity index (χ1v) is 22.3. The van der Waals surface area contributed by atoms with Crippen LogP contribution in [0.3, 0.4) is 0 Å². The Morgan fingerprint density at radius 2 is 1.11 bits per heavy atom. The zero-order valence-electron chi connectivity index (χ0n) is 39.1. The summed E-state index contributed by atoms with van der Waals surface area (Å²) in [5.74, 6) is 2.38. The van der Waals surface area contributed by atoms with Crippen molar-refractivity contribution in [3.05, 3.63) is 168 Å². The van der Waals surface area contributed by atoms with E-state index in [1.807, 2.05) is 12.3 Å². The fourth-order valence-corrected chi connectivity index (χ4v) is 8.62. The van der Waals surface area contributed by atoms with E-state index in [4.69, 9.17) is 9.72 Å². The predicted molar refractivity (Wildman–Crippen MR) is 266 cm³/mol. The number of hydrogen-bond donors (Lipinski definition) is 0. The summed E-state index contributed by atoms with van der Waals surface area (Å²) in [5, 5.41) is 2.33. The van der Waals surface area contributed by atoms with E-state index in [1.165, 1.54) is 33.2 Å². The Kier molecular flexibility index (Phi) is 9.99. The maximum atomic E-state index is 6.79. The Hall–Kier alpha value is -6.55. The molecule has 0 unspecified atom stereocenters. The van der Waals surface area contributed by atoms with Crippen molar-refractivity contribution in [1.29, 1.82) is 0 Å². The van der Waals surface area contributed by atoms with Gasteiger partial charge in [-0.05, 0) is 101 Å². The normalized spacial score (nSPS) is 13.3. The zero-order valence-corrected chi connectivity index (χ0v) is 39.1. The van der Waals surface area contributed by atoms with Crippen LogP contribution in [0.5, 0.6) is 11.5 Å². The molecule has 0 atom stereocenters. The third kappa shape index (κ3) is 7.92. The van der Waals surface area contributed by atoms with Gasteiger partial charge in [0.1, 0.15) is 17.3 Å². The van der Waals surface area contributed by atoms with E-state index in [-0.39, 0.29) is 21.7 Å². The van der Waals surface area contributed by atoms with Gasteiger partial charge in [0.05, 0.1) is 22.7 Å². The molecule has 5 heteroatoms. The molecule has 0 N–H and O–H groups in total. The van der Waals surface area contributed by atoms with E-state index in [1.54, 1.807) is 0 Å². The summed E-state index contributed by atoms with van der Waals surface area (Å²) in [6, 6.07) is 54.2. The molecule has 0 amide bonds. The second-order valence-electron chi connectivity index (χ2n) is 21.3. The molecule has 0 saturated heterocycles. The summed E-state index contributed by atoms with van der Waals surface area (Å²) in [5.41, 5.74) is 13.7. The average molecular weight is 829 g/mol. The van der Waals surface area contributed by atoms with Gasteiger partial charge < -0.3 is 4.74 Å². The van der Waals surface area contributed by atoms with Crippen LogP contribution < -0.4 is 13.9 Å². The van der Waals surface area contributed by atoms with E-state index in [9.17, 15) is 0 Å². The minimum absolute atomic E-state index is 0.0103. The molecule has 8 aromatic rings. The Labute approximate surface area is 373 Å². The summed E-state index contributed by atoms with van der Waals surface area (Å²) < 4.78 is 13.5. The van der Waals surface area contributed by atoms with Crippen LogP contribution in [-0.2, 0) is 21.7 Å². The number of pyridine rings is 1. The van der Waals surface area contributed by atoms with Crippen LogP contribution in [0.15, 0.2) is 146 Å². The first-order valence-electron chi connectivity index (χ1n) is 22.3. The van der Waals surface area contributed by atoms with Crippen molar-refractivity contribution in [2.75, 3.05) is 0 Å². The molecular formula is C58H60N4O+2. The molecule has 0 radical (unpaired) electrons. The number of ether oxygens (including phenoxy) is 1. The maximum Gasteiger partial charge on any atom is 0.503 e. The minimum atomic E-state index is -0.0468. The largest absolute Gasteiger partial charge is 0.503 e. The highest BCUT2D eigenvalue weighted by Gasteiger charge is 2.40. The number of para-hydroxylation sites is 2. The zero-order chi connectivity index (χ0) is 44.6. The second kappa shape index (κ2) is 15.1.